The summed E-state index contributed by atoms with van der Waals surface area (Å²) >= 11 is 5.96. The van der Waals surface area contributed by atoms with E-state index in [1.54, 1.807) is 24.3 Å². The number of carboxylic acid groups (broad SMARTS) is 1. The predicted octanol–water partition coefficient (Wildman–Crippen LogP) is 2.20. The van der Waals surface area contributed by atoms with E-state index in [1.165, 1.54) is 4.90 Å². The van der Waals surface area contributed by atoms with Crippen LogP contribution in [0.25, 0.3) is 10.9 Å². The van der Waals surface area contributed by atoms with E-state index < -0.39 is 12.0 Å². The summed E-state index contributed by atoms with van der Waals surface area (Å²) in [6, 6.07) is 8.26. The molecule has 120 valence electrons. The molecule has 1 atom stereocenters. The van der Waals surface area contributed by atoms with Gasteiger partial charge in [0.2, 0.25) is 0 Å². The lowest BCUT2D eigenvalue weighted by atomic mass is 10.1. The van der Waals surface area contributed by atoms with Gasteiger partial charge in [-0.2, -0.15) is 0 Å². The molecule has 2 heterocycles. The SMILES string of the molecule is O=C(O)CC1COCCN1C(=O)c1ccc2ccc(Cl)cc2n1. The number of rotatable bonds is 3. The highest BCUT2D eigenvalue weighted by Crippen LogP contribution is 2.20. The van der Waals surface area contributed by atoms with E-state index in [0.29, 0.717) is 23.7 Å². The number of carbonyl (C=O) groups is 2. The van der Waals surface area contributed by atoms with Crippen LogP contribution in [0.15, 0.2) is 30.3 Å². The smallest absolute Gasteiger partial charge is 0.305 e. The zero-order chi connectivity index (χ0) is 16.4. The molecule has 1 aliphatic heterocycles. The van der Waals surface area contributed by atoms with Crippen molar-refractivity contribution in [2.45, 2.75) is 12.5 Å². The number of amides is 1. The molecule has 1 saturated heterocycles. The molecule has 1 N–H and O–H groups in total. The molecule has 2 aromatic rings. The molecule has 3 rings (SSSR count). The Morgan fingerprint density at radius 1 is 1.35 bits per heavy atom. The summed E-state index contributed by atoms with van der Waals surface area (Å²) in [6.07, 6.45) is -0.148. The zero-order valence-electron chi connectivity index (χ0n) is 12.2. The highest BCUT2D eigenvalue weighted by molar-refractivity contribution is 6.31. The lowest BCUT2D eigenvalue weighted by Crippen LogP contribution is -2.49. The lowest BCUT2D eigenvalue weighted by Gasteiger charge is -2.34. The number of hydrogen-bond donors (Lipinski definition) is 1. The van der Waals surface area contributed by atoms with Gasteiger partial charge >= 0.3 is 5.97 Å². The molecule has 7 heteroatoms. The van der Waals surface area contributed by atoms with Crippen LogP contribution < -0.4 is 0 Å². The van der Waals surface area contributed by atoms with Gasteiger partial charge in [-0.15, -0.1) is 0 Å². The molecular weight excluding hydrogens is 320 g/mol. The van der Waals surface area contributed by atoms with Crippen LogP contribution in [0.5, 0.6) is 0 Å². The lowest BCUT2D eigenvalue weighted by molar-refractivity contribution is -0.139. The Balaban J connectivity index is 1.90. The Bertz CT molecular complexity index is 765. The number of ether oxygens (including phenoxy) is 1. The van der Waals surface area contributed by atoms with Gasteiger partial charge in [0, 0.05) is 17.0 Å². The maximum atomic E-state index is 12.7. The number of carboxylic acids is 1. The van der Waals surface area contributed by atoms with Gasteiger partial charge in [-0.1, -0.05) is 23.7 Å². The molecule has 1 aromatic carbocycles. The molecule has 0 bridgehead atoms. The maximum Gasteiger partial charge on any atom is 0.305 e. The summed E-state index contributed by atoms with van der Waals surface area (Å²) in [5.41, 5.74) is 0.906. The molecule has 0 radical (unpaired) electrons. The second kappa shape index (κ2) is 6.52. The predicted molar refractivity (Wildman–Crippen MR) is 84.6 cm³/mol. The second-order valence-electron chi connectivity index (χ2n) is 5.36. The van der Waals surface area contributed by atoms with Crippen molar-refractivity contribution >= 4 is 34.4 Å². The van der Waals surface area contributed by atoms with Crippen molar-refractivity contribution in [3.05, 3.63) is 41.0 Å². The van der Waals surface area contributed by atoms with E-state index in [4.69, 9.17) is 21.4 Å². The summed E-state index contributed by atoms with van der Waals surface area (Å²) in [5.74, 6) is -1.25. The second-order valence-corrected chi connectivity index (χ2v) is 5.80. The van der Waals surface area contributed by atoms with Crippen LogP contribution in [0.1, 0.15) is 16.9 Å². The molecular formula is C16H15ClN2O4. The van der Waals surface area contributed by atoms with Crippen LogP contribution in [0.2, 0.25) is 5.02 Å². The molecule has 1 aliphatic rings. The molecule has 6 nitrogen and oxygen atoms in total. The van der Waals surface area contributed by atoms with Crippen molar-refractivity contribution in [1.29, 1.82) is 0 Å². The minimum atomic E-state index is -0.962. The van der Waals surface area contributed by atoms with Gasteiger partial charge < -0.3 is 14.7 Å². The third-order valence-electron chi connectivity index (χ3n) is 3.77. The van der Waals surface area contributed by atoms with Crippen LogP contribution in [-0.4, -0.2) is 52.7 Å². The Morgan fingerprint density at radius 3 is 2.91 bits per heavy atom. The number of carbonyl (C=O) groups excluding carboxylic acids is 1. The highest BCUT2D eigenvalue weighted by Gasteiger charge is 2.30. The van der Waals surface area contributed by atoms with Gasteiger partial charge in [0.1, 0.15) is 5.69 Å². The van der Waals surface area contributed by atoms with Crippen LogP contribution in [-0.2, 0) is 9.53 Å². The van der Waals surface area contributed by atoms with Crippen LogP contribution in [0.3, 0.4) is 0 Å². The normalized spacial score (nSPS) is 18.1. The first-order valence-electron chi connectivity index (χ1n) is 7.21. The Labute approximate surface area is 137 Å². The maximum absolute atomic E-state index is 12.7. The average molecular weight is 335 g/mol. The minimum Gasteiger partial charge on any atom is -0.481 e. The van der Waals surface area contributed by atoms with E-state index in [9.17, 15) is 9.59 Å². The molecule has 1 aromatic heterocycles. The molecule has 23 heavy (non-hydrogen) atoms. The van der Waals surface area contributed by atoms with Crippen LogP contribution in [0.4, 0.5) is 0 Å². The summed E-state index contributed by atoms with van der Waals surface area (Å²) in [7, 11) is 0. The van der Waals surface area contributed by atoms with Gasteiger partial charge in [0.05, 0.1) is 31.2 Å². The third-order valence-corrected chi connectivity index (χ3v) is 4.01. The number of morpholine rings is 1. The van der Waals surface area contributed by atoms with Gasteiger partial charge in [0.25, 0.3) is 5.91 Å². The molecule has 0 aliphatic carbocycles. The van der Waals surface area contributed by atoms with E-state index in [-0.39, 0.29) is 24.6 Å². The summed E-state index contributed by atoms with van der Waals surface area (Å²) in [5, 5.41) is 10.4. The standard InChI is InChI=1S/C16H15ClN2O4/c17-11-3-1-10-2-4-13(18-14(10)7-11)16(22)19-5-6-23-9-12(19)8-15(20)21/h1-4,7,12H,5-6,8-9H2,(H,20,21). The average Bonchev–Trinajstić information content (AvgIpc) is 2.53. The van der Waals surface area contributed by atoms with Crippen molar-refractivity contribution in [3.63, 3.8) is 0 Å². The number of aliphatic carboxylic acids is 1. The third kappa shape index (κ3) is 3.43. The number of pyridine rings is 1. The molecule has 0 saturated carbocycles. The first-order chi connectivity index (χ1) is 11.0. The van der Waals surface area contributed by atoms with Crippen molar-refractivity contribution in [2.75, 3.05) is 19.8 Å². The number of fused-ring (bicyclic) bond motifs is 1. The largest absolute Gasteiger partial charge is 0.481 e. The van der Waals surface area contributed by atoms with Crippen LogP contribution >= 0.6 is 11.6 Å². The fraction of sp³-hybridized carbons (Fsp3) is 0.312. The molecule has 0 spiro atoms. The molecule has 1 fully saturated rings. The van der Waals surface area contributed by atoms with E-state index in [2.05, 4.69) is 4.98 Å². The zero-order valence-corrected chi connectivity index (χ0v) is 13.0. The van der Waals surface area contributed by atoms with Crippen LogP contribution in [0, 0.1) is 0 Å². The molecule has 1 amide bonds. The number of nitrogens with zero attached hydrogens (tertiary/aromatic N) is 2. The number of halogens is 1. The highest BCUT2D eigenvalue weighted by atomic mass is 35.5. The van der Waals surface area contributed by atoms with Gasteiger partial charge in [-0.05, 0) is 18.2 Å². The number of aromatic nitrogens is 1. The monoisotopic (exact) mass is 334 g/mol. The summed E-state index contributed by atoms with van der Waals surface area (Å²) in [6.45, 7) is 0.963. The minimum absolute atomic E-state index is 0.148. The van der Waals surface area contributed by atoms with Gasteiger partial charge in [0.15, 0.2) is 0 Å². The topological polar surface area (TPSA) is 79.7 Å². The Kier molecular flexibility index (Phi) is 4.45. The molecule has 1 unspecified atom stereocenters. The Morgan fingerprint density at radius 2 is 2.13 bits per heavy atom. The van der Waals surface area contributed by atoms with Crippen molar-refractivity contribution in [1.82, 2.24) is 9.88 Å². The fourth-order valence-electron chi connectivity index (χ4n) is 2.65. The first kappa shape index (κ1) is 15.7. The summed E-state index contributed by atoms with van der Waals surface area (Å²) < 4.78 is 5.29. The van der Waals surface area contributed by atoms with E-state index in [1.807, 2.05) is 6.07 Å². The van der Waals surface area contributed by atoms with E-state index >= 15 is 0 Å². The Hall–Kier alpha value is -2.18. The van der Waals surface area contributed by atoms with Crippen molar-refractivity contribution in [2.24, 2.45) is 0 Å². The van der Waals surface area contributed by atoms with Gasteiger partial charge in [-0.3, -0.25) is 9.59 Å². The number of benzene rings is 1. The first-order valence-corrected chi connectivity index (χ1v) is 7.59. The van der Waals surface area contributed by atoms with Crippen molar-refractivity contribution in [3.8, 4) is 0 Å². The quantitative estimate of drug-likeness (QED) is 0.930. The van der Waals surface area contributed by atoms with Gasteiger partial charge in [-0.25, -0.2) is 4.98 Å². The summed E-state index contributed by atoms with van der Waals surface area (Å²) in [4.78, 5) is 29.5. The fourth-order valence-corrected chi connectivity index (χ4v) is 2.82. The van der Waals surface area contributed by atoms with Crippen molar-refractivity contribution < 1.29 is 19.4 Å². The number of hydrogen-bond acceptors (Lipinski definition) is 4. The van der Waals surface area contributed by atoms with E-state index in [0.717, 1.165) is 5.39 Å².